The average Bonchev–Trinajstić information content (AvgIpc) is 2.27. The highest BCUT2D eigenvalue weighted by Gasteiger charge is 2.27. The second kappa shape index (κ2) is 4.44. The van der Waals surface area contributed by atoms with E-state index >= 15 is 0 Å². The topological polar surface area (TPSA) is 9.23 Å². The zero-order chi connectivity index (χ0) is 10.8. The lowest BCUT2D eigenvalue weighted by Gasteiger charge is -2.30. The Labute approximate surface area is 96.4 Å². The van der Waals surface area contributed by atoms with E-state index in [1.165, 1.54) is 5.56 Å². The van der Waals surface area contributed by atoms with Gasteiger partial charge in [-0.3, -0.25) is 0 Å². The molecule has 0 radical (unpaired) electrons. The highest BCUT2D eigenvalue weighted by Crippen LogP contribution is 2.32. The van der Waals surface area contributed by atoms with Gasteiger partial charge < -0.3 is 4.74 Å². The lowest BCUT2D eigenvalue weighted by molar-refractivity contribution is 0.205. The van der Waals surface area contributed by atoms with E-state index in [-0.39, 0.29) is 5.38 Å². The maximum atomic E-state index is 6.38. The van der Waals surface area contributed by atoms with Crippen molar-refractivity contribution in [2.45, 2.75) is 25.6 Å². The Morgan fingerprint density at radius 3 is 2.80 bits per heavy atom. The van der Waals surface area contributed by atoms with Crippen molar-refractivity contribution in [2.75, 3.05) is 6.61 Å². The smallest absolute Gasteiger partial charge is 0.122 e. The Morgan fingerprint density at radius 2 is 2.07 bits per heavy atom. The first-order valence-corrected chi connectivity index (χ1v) is 5.97. The molecule has 1 aromatic rings. The van der Waals surface area contributed by atoms with Crippen LogP contribution in [0.3, 0.4) is 0 Å². The number of hydrogen-bond acceptors (Lipinski definition) is 1. The molecular formula is C13H17ClO. The summed E-state index contributed by atoms with van der Waals surface area (Å²) in [5.74, 6) is 1.98. The monoisotopic (exact) mass is 224 g/mol. The number of fused-ring (bicyclic) bond motifs is 1. The van der Waals surface area contributed by atoms with Crippen molar-refractivity contribution in [1.29, 1.82) is 0 Å². The summed E-state index contributed by atoms with van der Waals surface area (Å²) >= 11 is 6.38. The van der Waals surface area contributed by atoms with Crippen molar-refractivity contribution in [3.63, 3.8) is 0 Å². The molecule has 1 heterocycles. The van der Waals surface area contributed by atoms with Crippen molar-refractivity contribution in [3.8, 4) is 5.75 Å². The van der Waals surface area contributed by atoms with Crippen LogP contribution in [0.5, 0.6) is 5.75 Å². The summed E-state index contributed by atoms with van der Waals surface area (Å²) in [6, 6.07) is 8.23. The van der Waals surface area contributed by atoms with Gasteiger partial charge in [0.15, 0.2) is 0 Å². The standard InChI is InChI=1S/C13H17ClO/c1-9(2)13(14)11-7-10-5-3-4-6-12(10)15-8-11/h3-6,9,11,13H,7-8H2,1-2H3. The summed E-state index contributed by atoms with van der Waals surface area (Å²) < 4.78 is 5.72. The van der Waals surface area contributed by atoms with Gasteiger partial charge in [-0.05, 0) is 24.0 Å². The van der Waals surface area contributed by atoms with Gasteiger partial charge in [0.05, 0.1) is 6.61 Å². The molecule has 0 spiro atoms. The van der Waals surface area contributed by atoms with Crippen LogP contribution in [0.15, 0.2) is 24.3 Å². The fraction of sp³-hybridized carbons (Fsp3) is 0.538. The Balaban J connectivity index is 2.12. The Hall–Kier alpha value is -0.690. The lowest BCUT2D eigenvalue weighted by Crippen LogP contribution is -2.31. The van der Waals surface area contributed by atoms with Crippen LogP contribution in [0.4, 0.5) is 0 Å². The number of halogens is 1. The molecule has 82 valence electrons. The number of para-hydroxylation sites is 1. The van der Waals surface area contributed by atoms with Gasteiger partial charge >= 0.3 is 0 Å². The molecule has 0 amide bonds. The number of ether oxygens (including phenoxy) is 1. The molecule has 1 aliphatic heterocycles. The van der Waals surface area contributed by atoms with E-state index in [4.69, 9.17) is 16.3 Å². The second-order valence-corrected chi connectivity index (χ2v) is 5.08. The van der Waals surface area contributed by atoms with Crippen LogP contribution >= 0.6 is 11.6 Å². The Morgan fingerprint density at radius 1 is 1.33 bits per heavy atom. The first-order valence-electron chi connectivity index (χ1n) is 5.53. The van der Waals surface area contributed by atoms with Crippen LogP contribution in [0, 0.1) is 11.8 Å². The van der Waals surface area contributed by atoms with Crippen LogP contribution < -0.4 is 4.74 Å². The molecule has 15 heavy (non-hydrogen) atoms. The van der Waals surface area contributed by atoms with Crippen LogP contribution in [0.25, 0.3) is 0 Å². The molecule has 0 bridgehead atoms. The molecule has 1 aliphatic rings. The third kappa shape index (κ3) is 2.28. The van der Waals surface area contributed by atoms with Gasteiger partial charge in [-0.1, -0.05) is 32.0 Å². The molecule has 0 aromatic heterocycles. The first-order chi connectivity index (χ1) is 7.18. The predicted octanol–water partition coefficient (Wildman–Crippen LogP) is 3.50. The normalized spacial score (nSPS) is 22.0. The van der Waals surface area contributed by atoms with Crippen molar-refractivity contribution in [1.82, 2.24) is 0 Å². The zero-order valence-corrected chi connectivity index (χ0v) is 10.00. The van der Waals surface area contributed by atoms with E-state index in [0.29, 0.717) is 11.8 Å². The maximum Gasteiger partial charge on any atom is 0.122 e. The Kier molecular flexibility index (Phi) is 3.20. The van der Waals surface area contributed by atoms with Crippen LogP contribution in [-0.4, -0.2) is 12.0 Å². The van der Waals surface area contributed by atoms with Crippen molar-refractivity contribution >= 4 is 11.6 Å². The largest absolute Gasteiger partial charge is 0.493 e. The zero-order valence-electron chi connectivity index (χ0n) is 9.24. The van der Waals surface area contributed by atoms with E-state index in [2.05, 4.69) is 26.0 Å². The average molecular weight is 225 g/mol. The van der Waals surface area contributed by atoms with Gasteiger partial charge in [0.25, 0.3) is 0 Å². The number of rotatable bonds is 2. The van der Waals surface area contributed by atoms with E-state index < -0.39 is 0 Å². The highest BCUT2D eigenvalue weighted by atomic mass is 35.5. The summed E-state index contributed by atoms with van der Waals surface area (Å²) in [5, 5.41) is 0.207. The summed E-state index contributed by atoms with van der Waals surface area (Å²) in [6.45, 7) is 5.08. The van der Waals surface area contributed by atoms with Crippen LogP contribution in [0.1, 0.15) is 19.4 Å². The summed E-state index contributed by atoms with van der Waals surface area (Å²) in [7, 11) is 0. The number of alkyl halides is 1. The minimum atomic E-state index is 0.207. The molecule has 0 aliphatic carbocycles. The van der Waals surface area contributed by atoms with Gasteiger partial charge in [0.2, 0.25) is 0 Å². The van der Waals surface area contributed by atoms with Gasteiger partial charge in [-0.15, -0.1) is 11.6 Å². The molecule has 2 heteroatoms. The molecular weight excluding hydrogens is 208 g/mol. The van der Waals surface area contributed by atoms with Crippen LogP contribution in [-0.2, 0) is 6.42 Å². The molecule has 2 rings (SSSR count). The third-order valence-electron chi connectivity index (χ3n) is 2.99. The lowest BCUT2D eigenvalue weighted by atomic mass is 9.89. The number of hydrogen-bond donors (Lipinski definition) is 0. The molecule has 0 saturated heterocycles. The van der Waals surface area contributed by atoms with E-state index in [1.807, 2.05) is 12.1 Å². The second-order valence-electron chi connectivity index (χ2n) is 4.57. The fourth-order valence-corrected chi connectivity index (χ4v) is 2.26. The predicted molar refractivity (Wildman–Crippen MR) is 63.6 cm³/mol. The van der Waals surface area contributed by atoms with Crippen LogP contribution in [0.2, 0.25) is 0 Å². The molecule has 2 atom stereocenters. The van der Waals surface area contributed by atoms with E-state index in [9.17, 15) is 0 Å². The molecule has 1 aromatic carbocycles. The maximum absolute atomic E-state index is 6.38. The fourth-order valence-electron chi connectivity index (χ4n) is 2.10. The molecule has 0 fully saturated rings. The molecule has 1 nitrogen and oxygen atoms in total. The van der Waals surface area contributed by atoms with Gasteiger partial charge in [0.1, 0.15) is 5.75 Å². The summed E-state index contributed by atoms with van der Waals surface area (Å²) in [6.07, 6.45) is 1.04. The van der Waals surface area contributed by atoms with Gasteiger partial charge in [-0.2, -0.15) is 0 Å². The van der Waals surface area contributed by atoms with Gasteiger partial charge in [-0.25, -0.2) is 0 Å². The summed E-state index contributed by atoms with van der Waals surface area (Å²) in [5.41, 5.74) is 1.29. The first kappa shape index (κ1) is 10.8. The molecule has 2 unspecified atom stereocenters. The minimum Gasteiger partial charge on any atom is -0.493 e. The summed E-state index contributed by atoms with van der Waals surface area (Å²) in [4.78, 5) is 0. The van der Waals surface area contributed by atoms with Gasteiger partial charge in [0, 0.05) is 11.3 Å². The van der Waals surface area contributed by atoms with Crippen molar-refractivity contribution in [3.05, 3.63) is 29.8 Å². The number of benzene rings is 1. The SMILES string of the molecule is CC(C)C(Cl)C1COc2ccccc2C1. The third-order valence-corrected chi connectivity index (χ3v) is 3.86. The highest BCUT2D eigenvalue weighted by molar-refractivity contribution is 6.21. The minimum absolute atomic E-state index is 0.207. The van der Waals surface area contributed by atoms with E-state index in [0.717, 1.165) is 18.8 Å². The van der Waals surface area contributed by atoms with Crippen molar-refractivity contribution in [2.24, 2.45) is 11.8 Å². The van der Waals surface area contributed by atoms with E-state index in [1.54, 1.807) is 0 Å². The molecule has 0 N–H and O–H groups in total. The van der Waals surface area contributed by atoms with Crippen molar-refractivity contribution < 1.29 is 4.74 Å². The quantitative estimate of drug-likeness (QED) is 0.699. The Bertz CT molecular complexity index is 335. The molecule has 0 saturated carbocycles.